The van der Waals surface area contributed by atoms with Crippen molar-refractivity contribution in [1.82, 2.24) is 9.55 Å². The molecule has 3 aromatic rings. The van der Waals surface area contributed by atoms with Crippen molar-refractivity contribution >= 4 is 34.0 Å². The first-order valence-electron chi connectivity index (χ1n) is 6.89. The van der Waals surface area contributed by atoms with Crippen LogP contribution < -0.4 is 10.9 Å². The maximum absolute atomic E-state index is 13.9. The molecule has 0 atom stereocenters. The van der Waals surface area contributed by atoms with Gasteiger partial charge in [-0.05, 0) is 18.2 Å². The Morgan fingerprint density at radius 3 is 2.88 bits per heavy atom. The van der Waals surface area contributed by atoms with Gasteiger partial charge in [0.25, 0.3) is 11.5 Å². The van der Waals surface area contributed by atoms with E-state index in [2.05, 4.69) is 10.3 Å². The number of hydrogen-bond donors (Lipinski definition) is 1. The van der Waals surface area contributed by atoms with E-state index in [0.717, 1.165) is 0 Å². The van der Waals surface area contributed by atoms with Gasteiger partial charge in [0.1, 0.15) is 5.82 Å². The highest BCUT2D eigenvalue weighted by molar-refractivity contribution is 7.13. The smallest absolute Gasteiger partial charge is 0.258 e. The summed E-state index contributed by atoms with van der Waals surface area (Å²) in [5.74, 6) is -0.912. The van der Waals surface area contributed by atoms with E-state index < -0.39 is 11.7 Å². The zero-order valence-corrected chi connectivity index (χ0v) is 13.8. The first-order valence-corrected chi connectivity index (χ1v) is 8.14. The molecule has 24 heavy (non-hydrogen) atoms. The summed E-state index contributed by atoms with van der Waals surface area (Å²) >= 11 is 7.27. The van der Waals surface area contributed by atoms with Gasteiger partial charge >= 0.3 is 0 Å². The van der Waals surface area contributed by atoms with E-state index in [1.54, 1.807) is 17.6 Å². The van der Waals surface area contributed by atoms with Gasteiger partial charge < -0.3 is 4.57 Å². The summed E-state index contributed by atoms with van der Waals surface area (Å²) in [5, 5.41) is 5.03. The van der Waals surface area contributed by atoms with Gasteiger partial charge in [-0.15, -0.1) is 11.3 Å². The minimum absolute atomic E-state index is 0.0668. The Bertz CT molecular complexity index is 920. The fourth-order valence-corrected chi connectivity index (χ4v) is 2.84. The molecule has 2 aromatic heterocycles. The van der Waals surface area contributed by atoms with E-state index in [0.29, 0.717) is 5.13 Å². The van der Waals surface area contributed by atoms with Crippen LogP contribution in [-0.4, -0.2) is 15.5 Å². The lowest BCUT2D eigenvalue weighted by Gasteiger charge is -2.10. The summed E-state index contributed by atoms with van der Waals surface area (Å²) in [4.78, 5) is 28.2. The molecule has 1 amide bonds. The van der Waals surface area contributed by atoms with Gasteiger partial charge in [0, 0.05) is 34.4 Å². The fourth-order valence-electron chi connectivity index (χ4n) is 2.10. The fraction of sp³-hybridized carbons (Fsp3) is 0.0625. The quantitative estimate of drug-likeness (QED) is 0.772. The van der Waals surface area contributed by atoms with Gasteiger partial charge in [-0.2, -0.15) is 0 Å². The molecule has 0 spiro atoms. The molecule has 0 saturated heterocycles. The van der Waals surface area contributed by atoms with Crippen molar-refractivity contribution < 1.29 is 9.18 Å². The van der Waals surface area contributed by atoms with Crippen molar-refractivity contribution in [3.63, 3.8) is 0 Å². The van der Waals surface area contributed by atoms with Crippen LogP contribution in [0, 0.1) is 5.82 Å². The SMILES string of the molecule is O=C(Nc1nccs1)c1ccc(=O)n(Cc2c(F)cccc2Cl)c1. The number of nitrogens with one attached hydrogen (secondary N) is 1. The van der Waals surface area contributed by atoms with Gasteiger partial charge in [-0.3, -0.25) is 14.9 Å². The van der Waals surface area contributed by atoms with Crippen LogP contribution in [0.2, 0.25) is 5.02 Å². The number of carbonyl (C=O) groups is 1. The molecule has 0 aliphatic heterocycles. The molecule has 5 nitrogen and oxygen atoms in total. The van der Waals surface area contributed by atoms with Crippen LogP contribution in [0.5, 0.6) is 0 Å². The number of pyridine rings is 1. The molecule has 0 radical (unpaired) electrons. The Balaban J connectivity index is 1.89. The minimum Gasteiger partial charge on any atom is -0.310 e. The lowest BCUT2D eigenvalue weighted by atomic mass is 10.2. The maximum Gasteiger partial charge on any atom is 0.258 e. The Labute approximate surface area is 145 Å². The number of halogens is 2. The van der Waals surface area contributed by atoms with Crippen LogP contribution in [0.1, 0.15) is 15.9 Å². The molecular weight excluding hydrogens is 353 g/mol. The Kier molecular flexibility index (Phi) is 4.73. The summed E-state index contributed by atoms with van der Waals surface area (Å²) < 4.78 is 15.1. The molecule has 0 saturated carbocycles. The average Bonchev–Trinajstić information content (AvgIpc) is 3.05. The summed E-state index contributed by atoms with van der Waals surface area (Å²) in [6.07, 6.45) is 2.94. The van der Waals surface area contributed by atoms with Crippen molar-refractivity contribution in [3.05, 3.63) is 80.4 Å². The monoisotopic (exact) mass is 363 g/mol. The molecule has 0 aliphatic rings. The molecule has 0 fully saturated rings. The predicted octanol–water partition coefficient (Wildman–Crippen LogP) is 3.40. The lowest BCUT2D eigenvalue weighted by molar-refractivity contribution is 0.102. The van der Waals surface area contributed by atoms with Crippen LogP contribution in [-0.2, 0) is 6.54 Å². The van der Waals surface area contributed by atoms with Crippen molar-refractivity contribution in [1.29, 1.82) is 0 Å². The normalized spacial score (nSPS) is 10.6. The number of thiazole rings is 1. The highest BCUT2D eigenvalue weighted by atomic mass is 35.5. The highest BCUT2D eigenvalue weighted by Gasteiger charge is 2.12. The van der Waals surface area contributed by atoms with Gasteiger partial charge in [0.2, 0.25) is 0 Å². The Morgan fingerprint density at radius 2 is 2.17 bits per heavy atom. The van der Waals surface area contributed by atoms with Crippen molar-refractivity contribution in [2.24, 2.45) is 0 Å². The van der Waals surface area contributed by atoms with Gasteiger partial charge in [0.05, 0.1) is 12.1 Å². The molecule has 1 N–H and O–H groups in total. The highest BCUT2D eigenvalue weighted by Crippen LogP contribution is 2.19. The third-order valence-corrected chi connectivity index (χ3v) is 4.33. The first kappa shape index (κ1) is 16.4. The second-order valence-corrected chi connectivity index (χ2v) is 6.18. The van der Waals surface area contributed by atoms with E-state index in [1.165, 1.54) is 46.4 Å². The molecular formula is C16H11ClFN3O2S. The lowest BCUT2D eigenvalue weighted by Crippen LogP contribution is -2.23. The van der Waals surface area contributed by atoms with Crippen molar-refractivity contribution in [2.45, 2.75) is 6.54 Å². The van der Waals surface area contributed by atoms with Crippen LogP contribution in [0.15, 0.2) is 52.9 Å². The van der Waals surface area contributed by atoms with Crippen LogP contribution >= 0.6 is 22.9 Å². The number of nitrogens with zero attached hydrogens (tertiary/aromatic N) is 2. The average molecular weight is 364 g/mol. The van der Waals surface area contributed by atoms with Crippen molar-refractivity contribution in [3.8, 4) is 0 Å². The molecule has 0 unspecified atom stereocenters. The topological polar surface area (TPSA) is 64.0 Å². The predicted molar refractivity (Wildman–Crippen MR) is 91.3 cm³/mol. The van der Waals surface area contributed by atoms with E-state index in [4.69, 9.17) is 11.6 Å². The van der Waals surface area contributed by atoms with Crippen LogP contribution in [0.4, 0.5) is 9.52 Å². The minimum atomic E-state index is -0.507. The molecule has 122 valence electrons. The second kappa shape index (κ2) is 6.94. The Morgan fingerprint density at radius 1 is 1.33 bits per heavy atom. The molecule has 1 aromatic carbocycles. The van der Waals surface area contributed by atoms with Crippen molar-refractivity contribution in [2.75, 3.05) is 5.32 Å². The van der Waals surface area contributed by atoms with Gasteiger partial charge in [-0.1, -0.05) is 17.7 Å². The summed E-state index contributed by atoms with van der Waals surface area (Å²) in [7, 11) is 0. The van der Waals surface area contributed by atoms with Gasteiger partial charge in [0.15, 0.2) is 5.13 Å². The zero-order valence-electron chi connectivity index (χ0n) is 12.2. The number of rotatable bonds is 4. The van der Waals surface area contributed by atoms with Crippen LogP contribution in [0.25, 0.3) is 0 Å². The molecule has 3 rings (SSSR count). The standard InChI is InChI=1S/C16H11ClFN3O2S/c17-12-2-1-3-13(18)11(12)9-21-8-10(4-5-14(21)22)15(23)20-16-19-6-7-24-16/h1-8H,9H2,(H,19,20,23). The third-order valence-electron chi connectivity index (χ3n) is 3.29. The number of amides is 1. The zero-order chi connectivity index (χ0) is 17.1. The molecule has 0 bridgehead atoms. The largest absolute Gasteiger partial charge is 0.310 e. The summed E-state index contributed by atoms with van der Waals surface area (Å²) in [5.41, 5.74) is 0.0936. The number of carbonyl (C=O) groups excluding carboxylic acids is 1. The second-order valence-electron chi connectivity index (χ2n) is 4.88. The summed E-state index contributed by atoms with van der Waals surface area (Å²) in [6, 6.07) is 6.97. The number of benzene rings is 1. The molecule has 2 heterocycles. The first-order chi connectivity index (χ1) is 11.5. The number of anilines is 1. The third kappa shape index (κ3) is 3.52. The van der Waals surface area contributed by atoms with E-state index >= 15 is 0 Å². The van der Waals surface area contributed by atoms with E-state index in [1.807, 2.05) is 0 Å². The van der Waals surface area contributed by atoms with E-state index in [9.17, 15) is 14.0 Å². The Hall–Kier alpha value is -2.51. The van der Waals surface area contributed by atoms with E-state index in [-0.39, 0.29) is 28.3 Å². The number of aromatic nitrogens is 2. The number of hydrogen-bond acceptors (Lipinski definition) is 4. The molecule has 8 heteroatoms. The van der Waals surface area contributed by atoms with Gasteiger partial charge in [-0.25, -0.2) is 9.37 Å². The maximum atomic E-state index is 13.9. The summed E-state index contributed by atoms with van der Waals surface area (Å²) in [6.45, 7) is -0.0668. The van der Waals surface area contributed by atoms with Crippen LogP contribution in [0.3, 0.4) is 0 Å². The molecule has 0 aliphatic carbocycles.